The van der Waals surface area contributed by atoms with Crippen molar-refractivity contribution in [3.63, 3.8) is 0 Å². The Bertz CT molecular complexity index is 681. The highest BCUT2D eigenvalue weighted by Gasteiger charge is 2.14. The molecule has 0 saturated carbocycles. The van der Waals surface area contributed by atoms with Crippen molar-refractivity contribution in [2.24, 2.45) is 0 Å². The van der Waals surface area contributed by atoms with E-state index in [2.05, 4.69) is 21.1 Å². The Morgan fingerprint density at radius 1 is 1.04 bits per heavy atom. The summed E-state index contributed by atoms with van der Waals surface area (Å²) in [6.45, 7) is 1.70. The standard InChI is InChI=1S/C20H25NO3.BrH/c1-21(2,3)13-7-8-14-24-17-11-12-18(19(22)15-17)20(23)16-9-5-4-6-10-16;/h4-6,9-12,15H,7-8,13-14H2,1-3H3;1H. The molecule has 0 bridgehead atoms. The number of hydrogen-bond donors (Lipinski definition) is 1. The maximum Gasteiger partial charge on any atom is 0.196 e. The molecule has 4 nitrogen and oxygen atoms in total. The minimum atomic E-state index is -0.192. The number of ether oxygens (including phenoxy) is 1. The largest absolute Gasteiger partial charge is 1.00 e. The van der Waals surface area contributed by atoms with Crippen LogP contribution in [-0.2, 0) is 0 Å². The lowest BCUT2D eigenvalue weighted by Crippen LogP contribution is -3.00. The maximum atomic E-state index is 12.4. The quantitative estimate of drug-likeness (QED) is 0.393. The smallest absolute Gasteiger partial charge is 0.196 e. The molecular formula is C20H26BrNO3. The van der Waals surface area contributed by atoms with Crippen LogP contribution in [0.2, 0.25) is 0 Å². The molecule has 0 saturated heterocycles. The van der Waals surface area contributed by atoms with E-state index in [1.54, 1.807) is 36.4 Å². The minimum absolute atomic E-state index is 0. The first-order valence-corrected chi connectivity index (χ1v) is 8.23. The lowest BCUT2D eigenvalue weighted by molar-refractivity contribution is -0.870. The van der Waals surface area contributed by atoms with Gasteiger partial charge in [-0.15, -0.1) is 0 Å². The number of nitrogens with zero attached hydrogens (tertiary/aromatic N) is 1. The van der Waals surface area contributed by atoms with E-state index >= 15 is 0 Å². The van der Waals surface area contributed by atoms with Gasteiger partial charge in [0.25, 0.3) is 0 Å². The summed E-state index contributed by atoms with van der Waals surface area (Å²) in [5, 5.41) is 10.1. The maximum absolute atomic E-state index is 12.4. The average Bonchev–Trinajstić information content (AvgIpc) is 2.54. The van der Waals surface area contributed by atoms with Gasteiger partial charge in [-0.05, 0) is 25.0 Å². The number of rotatable bonds is 8. The number of carbonyl (C=O) groups excluding carboxylic acids is 1. The van der Waals surface area contributed by atoms with Crippen LogP contribution in [-0.4, -0.2) is 49.7 Å². The van der Waals surface area contributed by atoms with Crippen molar-refractivity contribution < 1.29 is 36.1 Å². The molecule has 1 N–H and O–H groups in total. The van der Waals surface area contributed by atoms with E-state index in [4.69, 9.17) is 4.74 Å². The predicted octanol–water partition coefficient (Wildman–Crippen LogP) is 0.492. The lowest BCUT2D eigenvalue weighted by Gasteiger charge is -2.23. The summed E-state index contributed by atoms with van der Waals surface area (Å²) in [5.74, 6) is 0.345. The highest BCUT2D eigenvalue weighted by molar-refractivity contribution is 6.10. The molecule has 0 radical (unpaired) electrons. The third kappa shape index (κ3) is 6.88. The van der Waals surface area contributed by atoms with E-state index in [1.165, 1.54) is 6.07 Å². The van der Waals surface area contributed by atoms with Crippen LogP contribution in [0.3, 0.4) is 0 Å². The fraction of sp³-hybridized carbons (Fsp3) is 0.350. The molecule has 0 fully saturated rings. The number of phenolic OH excluding ortho intramolecular Hbond substituents is 1. The van der Waals surface area contributed by atoms with Crippen molar-refractivity contribution >= 4 is 5.78 Å². The van der Waals surface area contributed by atoms with Gasteiger partial charge >= 0.3 is 0 Å². The molecule has 136 valence electrons. The van der Waals surface area contributed by atoms with E-state index in [0.717, 1.165) is 23.9 Å². The normalized spacial score (nSPS) is 10.8. The summed E-state index contributed by atoms with van der Waals surface area (Å²) in [6, 6.07) is 13.8. The second-order valence-corrected chi connectivity index (χ2v) is 6.94. The van der Waals surface area contributed by atoms with E-state index in [9.17, 15) is 9.90 Å². The van der Waals surface area contributed by atoms with Crippen LogP contribution in [0.15, 0.2) is 48.5 Å². The van der Waals surface area contributed by atoms with Crippen LogP contribution >= 0.6 is 0 Å². The zero-order chi connectivity index (χ0) is 17.6. The number of benzene rings is 2. The van der Waals surface area contributed by atoms with E-state index in [-0.39, 0.29) is 28.5 Å². The third-order valence-electron chi connectivity index (χ3n) is 3.74. The summed E-state index contributed by atoms with van der Waals surface area (Å²) in [5.41, 5.74) is 0.848. The molecule has 0 aliphatic rings. The number of ketones is 1. The monoisotopic (exact) mass is 407 g/mol. The molecule has 2 aromatic carbocycles. The summed E-state index contributed by atoms with van der Waals surface area (Å²) < 4.78 is 6.61. The van der Waals surface area contributed by atoms with Crippen LogP contribution in [0.4, 0.5) is 0 Å². The number of aromatic hydroxyl groups is 1. The number of carbonyl (C=O) groups is 1. The molecule has 0 aliphatic heterocycles. The number of phenols is 1. The Hall–Kier alpha value is -1.85. The van der Waals surface area contributed by atoms with Gasteiger partial charge in [-0.25, -0.2) is 0 Å². The molecule has 2 rings (SSSR count). The molecule has 0 aliphatic carbocycles. The first kappa shape index (κ1) is 21.2. The Labute approximate surface area is 160 Å². The number of hydrogen-bond acceptors (Lipinski definition) is 3. The Kier molecular flexibility index (Phi) is 8.13. The first-order chi connectivity index (χ1) is 11.4. The molecule has 0 heterocycles. The minimum Gasteiger partial charge on any atom is -1.00 e. The van der Waals surface area contributed by atoms with Crippen LogP contribution in [0.25, 0.3) is 0 Å². The Balaban J connectivity index is 0.00000312. The third-order valence-corrected chi connectivity index (χ3v) is 3.74. The summed E-state index contributed by atoms with van der Waals surface area (Å²) >= 11 is 0. The second-order valence-electron chi connectivity index (χ2n) is 6.94. The molecule has 0 unspecified atom stereocenters. The molecule has 5 heteroatoms. The van der Waals surface area contributed by atoms with Gasteiger partial charge in [0.05, 0.1) is 39.9 Å². The summed E-state index contributed by atoms with van der Waals surface area (Å²) in [6.07, 6.45) is 2.04. The fourth-order valence-electron chi connectivity index (χ4n) is 2.42. The molecular weight excluding hydrogens is 382 g/mol. The Morgan fingerprint density at radius 3 is 2.32 bits per heavy atom. The topological polar surface area (TPSA) is 46.5 Å². The van der Waals surface area contributed by atoms with Crippen molar-refractivity contribution in [1.29, 1.82) is 0 Å². The lowest BCUT2D eigenvalue weighted by atomic mass is 10.0. The van der Waals surface area contributed by atoms with Crippen molar-refractivity contribution in [3.8, 4) is 11.5 Å². The van der Waals surface area contributed by atoms with Gasteiger partial charge < -0.3 is 31.3 Å². The molecule has 0 amide bonds. The van der Waals surface area contributed by atoms with E-state index in [0.29, 0.717) is 23.5 Å². The van der Waals surface area contributed by atoms with Crippen molar-refractivity contribution in [3.05, 3.63) is 59.7 Å². The van der Waals surface area contributed by atoms with E-state index in [1.807, 2.05) is 6.07 Å². The van der Waals surface area contributed by atoms with Crippen LogP contribution in [0.5, 0.6) is 11.5 Å². The van der Waals surface area contributed by atoms with Gasteiger partial charge in [-0.2, -0.15) is 0 Å². The first-order valence-electron chi connectivity index (χ1n) is 8.23. The number of quaternary nitrogens is 1. The zero-order valence-corrected chi connectivity index (χ0v) is 16.6. The van der Waals surface area contributed by atoms with E-state index < -0.39 is 0 Å². The van der Waals surface area contributed by atoms with Gasteiger partial charge in [-0.1, -0.05) is 30.3 Å². The van der Waals surface area contributed by atoms with Gasteiger partial charge in [0, 0.05) is 11.6 Å². The predicted molar refractivity (Wildman–Crippen MR) is 95.6 cm³/mol. The van der Waals surface area contributed by atoms with Gasteiger partial charge in [0.1, 0.15) is 11.5 Å². The number of halogens is 1. The van der Waals surface area contributed by atoms with Gasteiger partial charge in [0.15, 0.2) is 5.78 Å². The molecule has 0 spiro atoms. The number of unbranched alkanes of at least 4 members (excludes halogenated alkanes) is 1. The highest BCUT2D eigenvalue weighted by Crippen LogP contribution is 2.26. The molecule has 0 aromatic heterocycles. The van der Waals surface area contributed by atoms with Crippen LogP contribution in [0.1, 0.15) is 28.8 Å². The molecule has 2 aromatic rings. The second kappa shape index (κ2) is 9.59. The van der Waals surface area contributed by atoms with Crippen molar-refractivity contribution in [2.45, 2.75) is 12.8 Å². The van der Waals surface area contributed by atoms with Gasteiger partial charge in [0.2, 0.25) is 0 Å². The highest BCUT2D eigenvalue weighted by atomic mass is 79.9. The van der Waals surface area contributed by atoms with Gasteiger partial charge in [-0.3, -0.25) is 4.79 Å². The summed E-state index contributed by atoms with van der Waals surface area (Å²) in [4.78, 5) is 12.4. The van der Waals surface area contributed by atoms with Crippen LogP contribution < -0.4 is 21.7 Å². The average molecular weight is 408 g/mol. The SMILES string of the molecule is C[N+](C)(C)CCCCOc1ccc(C(=O)c2ccccc2)c(O)c1.[Br-]. The fourth-order valence-corrected chi connectivity index (χ4v) is 2.42. The van der Waals surface area contributed by atoms with Crippen molar-refractivity contribution in [1.82, 2.24) is 0 Å². The Morgan fingerprint density at radius 2 is 1.72 bits per heavy atom. The van der Waals surface area contributed by atoms with Crippen molar-refractivity contribution in [2.75, 3.05) is 34.3 Å². The van der Waals surface area contributed by atoms with Crippen LogP contribution in [0, 0.1) is 0 Å². The summed E-state index contributed by atoms with van der Waals surface area (Å²) in [7, 11) is 6.50. The molecule has 0 atom stereocenters. The zero-order valence-electron chi connectivity index (χ0n) is 15.0. The molecule has 25 heavy (non-hydrogen) atoms.